The summed E-state index contributed by atoms with van der Waals surface area (Å²) in [6.07, 6.45) is 1.62. The number of thiophene rings is 1. The molecule has 0 bridgehead atoms. The molecular formula is C14H11ClN4OS. The molecule has 2 aromatic heterocycles. The van der Waals surface area contributed by atoms with Crippen molar-refractivity contribution < 1.29 is 4.79 Å². The van der Waals surface area contributed by atoms with E-state index in [9.17, 15) is 4.79 Å². The van der Waals surface area contributed by atoms with Gasteiger partial charge in [-0.05, 0) is 24.3 Å². The lowest BCUT2D eigenvalue weighted by molar-refractivity contribution is 0.103. The molecule has 1 N–H and O–H groups in total. The van der Waals surface area contributed by atoms with Crippen LogP contribution in [0.2, 0.25) is 4.34 Å². The molecule has 0 saturated heterocycles. The third kappa shape index (κ3) is 2.81. The number of anilines is 1. The predicted molar refractivity (Wildman–Crippen MR) is 83.7 cm³/mol. The third-order valence-electron chi connectivity index (χ3n) is 2.92. The van der Waals surface area contributed by atoms with Gasteiger partial charge in [-0.25, -0.2) is 0 Å². The van der Waals surface area contributed by atoms with Crippen LogP contribution in [0.5, 0.6) is 0 Å². The Morgan fingerprint density at radius 3 is 2.76 bits per heavy atom. The molecule has 0 fully saturated rings. The fourth-order valence-corrected chi connectivity index (χ4v) is 2.87. The van der Waals surface area contributed by atoms with Crippen LogP contribution in [-0.2, 0) is 7.05 Å². The molecule has 2 heterocycles. The highest BCUT2D eigenvalue weighted by Gasteiger charge is 2.14. The van der Waals surface area contributed by atoms with E-state index in [-0.39, 0.29) is 5.91 Å². The fraction of sp³-hybridized carbons (Fsp3) is 0.0714. The van der Waals surface area contributed by atoms with Gasteiger partial charge in [0.15, 0.2) is 5.82 Å². The normalized spacial score (nSPS) is 10.6. The molecule has 1 amide bonds. The van der Waals surface area contributed by atoms with Crippen LogP contribution < -0.4 is 5.32 Å². The molecule has 7 heteroatoms. The molecule has 21 heavy (non-hydrogen) atoms. The average Bonchev–Trinajstić information content (AvgIpc) is 3.08. The van der Waals surface area contributed by atoms with Crippen molar-refractivity contribution in [3.63, 3.8) is 0 Å². The summed E-state index contributed by atoms with van der Waals surface area (Å²) in [7, 11) is 1.85. The van der Waals surface area contributed by atoms with Crippen LogP contribution in [0.3, 0.4) is 0 Å². The summed E-state index contributed by atoms with van der Waals surface area (Å²) in [5.41, 5.74) is 1.50. The van der Waals surface area contributed by atoms with Gasteiger partial charge in [-0.3, -0.25) is 4.79 Å². The van der Waals surface area contributed by atoms with Crippen LogP contribution in [-0.4, -0.2) is 20.7 Å². The maximum atomic E-state index is 12.2. The van der Waals surface area contributed by atoms with E-state index in [4.69, 9.17) is 11.6 Å². The van der Waals surface area contributed by atoms with Crippen LogP contribution in [0.15, 0.2) is 42.7 Å². The van der Waals surface area contributed by atoms with Gasteiger partial charge in [0.05, 0.1) is 14.9 Å². The first-order valence-electron chi connectivity index (χ1n) is 6.15. The summed E-state index contributed by atoms with van der Waals surface area (Å²) >= 11 is 7.10. The molecule has 0 saturated carbocycles. The summed E-state index contributed by atoms with van der Waals surface area (Å²) < 4.78 is 2.38. The molecular weight excluding hydrogens is 308 g/mol. The van der Waals surface area contributed by atoms with Crippen LogP contribution in [0.25, 0.3) is 11.4 Å². The number of nitrogens with one attached hydrogen (secondary N) is 1. The Kier molecular flexibility index (Phi) is 3.72. The van der Waals surface area contributed by atoms with E-state index < -0.39 is 0 Å². The molecule has 0 spiro atoms. The number of rotatable bonds is 3. The quantitative estimate of drug-likeness (QED) is 0.804. The van der Waals surface area contributed by atoms with Crippen molar-refractivity contribution in [3.05, 3.63) is 51.9 Å². The highest BCUT2D eigenvalue weighted by atomic mass is 35.5. The van der Waals surface area contributed by atoms with Crippen molar-refractivity contribution >= 4 is 34.5 Å². The molecule has 0 unspecified atom stereocenters. The van der Waals surface area contributed by atoms with E-state index >= 15 is 0 Å². The number of amides is 1. The average molecular weight is 319 g/mol. The van der Waals surface area contributed by atoms with Crippen molar-refractivity contribution in [2.45, 2.75) is 0 Å². The summed E-state index contributed by atoms with van der Waals surface area (Å²) in [6.45, 7) is 0. The minimum absolute atomic E-state index is 0.193. The number of halogens is 1. The molecule has 0 atom stereocenters. The van der Waals surface area contributed by atoms with E-state index in [2.05, 4.69) is 15.5 Å². The second-order valence-corrected chi connectivity index (χ2v) is 6.08. The van der Waals surface area contributed by atoms with Crippen molar-refractivity contribution in [2.24, 2.45) is 7.05 Å². The SMILES string of the molecule is Cn1cnnc1-c1ccccc1NC(=O)c1ccc(Cl)s1. The zero-order chi connectivity index (χ0) is 14.8. The van der Waals surface area contributed by atoms with Crippen LogP contribution in [0.4, 0.5) is 5.69 Å². The number of hydrogen-bond acceptors (Lipinski definition) is 4. The first-order valence-corrected chi connectivity index (χ1v) is 7.34. The molecule has 106 valence electrons. The van der Waals surface area contributed by atoms with Gasteiger partial charge in [0.2, 0.25) is 0 Å². The molecule has 3 aromatic rings. The Morgan fingerprint density at radius 2 is 2.10 bits per heavy atom. The van der Waals surface area contributed by atoms with E-state index in [0.29, 0.717) is 20.7 Å². The number of hydrogen-bond donors (Lipinski definition) is 1. The van der Waals surface area contributed by atoms with Crippen LogP contribution in [0.1, 0.15) is 9.67 Å². The third-order valence-corrected chi connectivity index (χ3v) is 4.15. The van der Waals surface area contributed by atoms with Gasteiger partial charge in [0.1, 0.15) is 6.33 Å². The fourth-order valence-electron chi connectivity index (χ4n) is 1.93. The zero-order valence-electron chi connectivity index (χ0n) is 11.1. The Morgan fingerprint density at radius 1 is 1.29 bits per heavy atom. The maximum Gasteiger partial charge on any atom is 0.265 e. The largest absolute Gasteiger partial charge is 0.321 e. The van der Waals surface area contributed by atoms with Gasteiger partial charge in [-0.1, -0.05) is 23.7 Å². The highest BCUT2D eigenvalue weighted by Crippen LogP contribution is 2.27. The van der Waals surface area contributed by atoms with Gasteiger partial charge in [-0.2, -0.15) is 0 Å². The summed E-state index contributed by atoms with van der Waals surface area (Å²) in [4.78, 5) is 12.8. The first-order chi connectivity index (χ1) is 10.1. The molecule has 0 aliphatic carbocycles. The number of carbonyl (C=O) groups excluding carboxylic acids is 1. The van der Waals surface area contributed by atoms with Gasteiger partial charge in [0, 0.05) is 12.6 Å². The lowest BCUT2D eigenvalue weighted by Gasteiger charge is -2.09. The van der Waals surface area contributed by atoms with Crippen molar-refractivity contribution in [1.82, 2.24) is 14.8 Å². The minimum atomic E-state index is -0.193. The molecule has 1 aromatic carbocycles. The Bertz CT molecular complexity index is 796. The Labute approximate surface area is 130 Å². The molecule has 0 aliphatic rings. The number of para-hydroxylation sites is 1. The van der Waals surface area contributed by atoms with Crippen molar-refractivity contribution in [1.29, 1.82) is 0 Å². The number of nitrogens with zero attached hydrogens (tertiary/aromatic N) is 3. The van der Waals surface area contributed by atoms with Gasteiger partial charge in [-0.15, -0.1) is 21.5 Å². The Balaban J connectivity index is 1.93. The van der Waals surface area contributed by atoms with E-state index in [1.807, 2.05) is 31.3 Å². The monoisotopic (exact) mass is 318 g/mol. The lowest BCUT2D eigenvalue weighted by Crippen LogP contribution is -2.11. The van der Waals surface area contributed by atoms with E-state index in [1.165, 1.54) is 11.3 Å². The van der Waals surface area contributed by atoms with Gasteiger partial charge in [0.25, 0.3) is 5.91 Å². The molecule has 0 aliphatic heterocycles. The second-order valence-electron chi connectivity index (χ2n) is 4.37. The number of carbonyl (C=O) groups is 1. The van der Waals surface area contributed by atoms with Crippen LogP contribution in [0, 0.1) is 0 Å². The Hall–Kier alpha value is -2.18. The molecule has 0 radical (unpaired) electrons. The minimum Gasteiger partial charge on any atom is -0.321 e. The van der Waals surface area contributed by atoms with E-state index in [1.54, 1.807) is 23.0 Å². The predicted octanol–water partition coefficient (Wildman–Crippen LogP) is 3.45. The standard InChI is InChI=1S/C14H11ClN4OS/c1-19-8-16-18-13(19)9-4-2-3-5-10(9)17-14(20)11-6-7-12(15)21-11/h2-8H,1H3,(H,17,20). The van der Waals surface area contributed by atoms with E-state index in [0.717, 1.165) is 5.56 Å². The van der Waals surface area contributed by atoms with Crippen LogP contribution >= 0.6 is 22.9 Å². The number of aryl methyl sites for hydroxylation is 1. The second kappa shape index (κ2) is 5.67. The van der Waals surface area contributed by atoms with Crippen molar-refractivity contribution in [2.75, 3.05) is 5.32 Å². The summed E-state index contributed by atoms with van der Waals surface area (Å²) in [6, 6.07) is 10.9. The molecule has 5 nitrogen and oxygen atoms in total. The summed E-state index contributed by atoms with van der Waals surface area (Å²) in [5.74, 6) is 0.497. The lowest BCUT2D eigenvalue weighted by atomic mass is 10.1. The zero-order valence-corrected chi connectivity index (χ0v) is 12.6. The first kappa shape index (κ1) is 13.8. The van der Waals surface area contributed by atoms with Gasteiger partial charge < -0.3 is 9.88 Å². The van der Waals surface area contributed by atoms with Crippen molar-refractivity contribution in [3.8, 4) is 11.4 Å². The number of aromatic nitrogens is 3. The topological polar surface area (TPSA) is 59.8 Å². The summed E-state index contributed by atoms with van der Waals surface area (Å²) in [5, 5.41) is 10.8. The maximum absolute atomic E-state index is 12.2. The smallest absolute Gasteiger partial charge is 0.265 e. The number of benzene rings is 1. The molecule has 3 rings (SSSR count). The van der Waals surface area contributed by atoms with Gasteiger partial charge >= 0.3 is 0 Å². The highest BCUT2D eigenvalue weighted by molar-refractivity contribution is 7.18.